The number of piperidine rings is 1. The summed E-state index contributed by atoms with van der Waals surface area (Å²) in [5.41, 5.74) is 1.95. The zero-order valence-electron chi connectivity index (χ0n) is 13.9. The molecular formula is C19H31NO. The second-order valence-corrected chi connectivity index (χ2v) is 6.80. The first-order valence-corrected chi connectivity index (χ1v) is 8.60. The molecule has 0 amide bonds. The SMILES string of the molecule is CCC1(CC)CCN(C(C)CCc2ccc(O)cc2)CC1. The van der Waals surface area contributed by atoms with Gasteiger partial charge in [-0.2, -0.15) is 0 Å². The molecule has 1 N–H and O–H groups in total. The van der Waals surface area contributed by atoms with Crippen LogP contribution in [-0.2, 0) is 6.42 Å². The summed E-state index contributed by atoms with van der Waals surface area (Å²) in [5.74, 6) is 0.360. The zero-order chi connectivity index (χ0) is 15.3. The molecule has 0 bridgehead atoms. The highest BCUT2D eigenvalue weighted by Gasteiger charge is 2.32. The second kappa shape index (κ2) is 7.31. The van der Waals surface area contributed by atoms with Gasteiger partial charge in [-0.1, -0.05) is 38.8 Å². The number of phenolic OH excluding ortho intramolecular Hbond substituents is 1. The summed E-state index contributed by atoms with van der Waals surface area (Å²) in [6, 6.07) is 8.32. The highest BCUT2D eigenvalue weighted by atomic mass is 16.3. The molecule has 1 aromatic rings. The van der Waals surface area contributed by atoms with Crippen LogP contribution in [0.3, 0.4) is 0 Å². The molecule has 0 saturated carbocycles. The van der Waals surface area contributed by atoms with Crippen molar-refractivity contribution >= 4 is 0 Å². The van der Waals surface area contributed by atoms with Crippen molar-refractivity contribution in [1.29, 1.82) is 0 Å². The molecule has 1 aliphatic rings. The van der Waals surface area contributed by atoms with Crippen LogP contribution in [0.5, 0.6) is 5.75 Å². The van der Waals surface area contributed by atoms with E-state index in [-0.39, 0.29) is 0 Å². The number of aryl methyl sites for hydroxylation is 1. The maximum Gasteiger partial charge on any atom is 0.115 e. The van der Waals surface area contributed by atoms with Crippen molar-refractivity contribution in [1.82, 2.24) is 4.90 Å². The average molecular weight is 289 g/mol. The van der Waals surface area contributed by atoms with Crippen LogP contribution in [0.2, 0.25) is 0 Å². The first kappa shape index (κ1) is 16.4. The van der Waals surface area contributed by atoms with Gasteiger partial charge in [-0.05, 0) is 68.8 Å². The third-order valence-corrected chi connectivity index (χ3v) is 5.77. The van der Waals surface area contributed by atoms with Gasteiger partial charge in [-0.15, -0.1) is 0 Å². The largest absolute Gasteiger partial charge is 0.508 e. The lowest BCUT2D eigenvalue weighted by molar-refractivity contribution is 0.0687. The van der Waals surface area contributed by atoms with Crippen LogP contribution in [-0.4, -0.2) is 29.1 Å². The summed E-state index contributed by atoms with van der Waals surface area (Å²) in [5, 5.41) is 9.33. The van der Waals surface area contributed by atoms with Gasteiger partial charge in [-0.3, -0.25) is 0 Å². The summed E-state index contributed by atoms with van der Waals surface area (Å²) in [4.78, 5) is 2.67. The Kier molecular flexibility index (Phi) is 5.69. The van der Waals surface area contributed by atoms with E-state index in [1.54, 1.807) is 12.1 Å². The first-order valence-electron chi connectivity index (χ1n) is 8.60. The van der Waals surface area contributed by atoms with Crippen molar-refractivity contribution in [2.24, 2.45) is 5.41 Å². The summed E-state index contributed by atoms with van der Waals surface area (Å²) in [6.07, 6.45) is 7.70. The van der Waals surface area contributed by atoms with Gasteiger partial charge in [0.15, 0.2) is 0 Å². The minimum atomic E-state index is 0.360. The lowest BCUT2D eigenvalue weighted by atomic mass is 9.74. The van der Waals surface area contributed by atoms with Gasteiger partial charge in [0.2, 0.25) is 0 Å². The molecule has 1 atom stereocenters. The van der Waals surface area contributed by atoms with Crippen LogP contribution in [0, 0.1) is 5.41 Å². The van der Waals surface area contributed by atoms with Crippen molar-refractivity contribution < 1.29 is 5.11 Å². The van der Waals surface area contributed by atoms with Crippen LogP contribution in [0.4, 0.5) is 0 Å². The van der Waals surface area contributed by atoms with E-state index in [4.69, 9.17) is 0 Å². The molecule has 1 aromatic carbocycles. The standard InChI is InChI=1S/C19H31NO/c1-4-19(5-2)12-14-20(15-13-19)16(3)6-7-17-8-10-18(21)11-9-17/h8-11,16,21H,4-7,12-15H2,1-3H3. The molecule has 1 aliphatic heterocycles. The van der Waals surface area contributed by atoms with Crippen LogP contribution >= 0.6 is 0 Å². The van der Waals surface area contributed by atoms with E-state index in [0.717, 1.165) is 6.42 Å². The molecule has 2 rings (SSSR count). The highest BCUT2D eigenvalue weighted by molar-refractivity contribution is 5.25. The van der Waals surface area contributed by atoms with Crippen LogP contribution in [0.1, 0.15) is 58.4 Å². The molecule has 2 heteroatoms. The lowest BCUT2D eigenvalue weighted by Crippen LogP contribution is -2.44. The minimum absolute atomic E-state index is 0.360. The lowest BCUT2D eigenvalue weighted by Gasteiger charge is -2.43. The van der Waals surface area contributed by atoms with Crippen molar-refractivity contribution in [3.63, 3.8) is 0 Å². The van der Waals surface area contributed by atoms with Gasteiger partial charge in [0, 0.05) is 6.04 Å². The fourth-order valence-electron chi connectivity index (χ4n) is 3.62. The van der Waals surface area contributed by atoms with Gasteiger partial charge in [0.05, 0.1) is 0 Å². The molecule has 1 saturated heterocycles. The van der Waals surface area contributed by atoms with E-state index < -0.39 is 0 Å². The molecule has 0 aromatic heterocycles. The number of phenols is 1. The normalized spacial score (nSPS) is 20.3. The second-order valence-electron chi connectivity index (χ2n) is 6.80. The molecule has 1 unspecified atom stereocenters. The predicted molar refractivity (Wildman–Crippen MR) is 89.7 cm³/mol. The number of rotatable bonds is 6. The summed E-state index contributed by atoms with van der Waals surface area (Å²) >= 11 is 0. The minimum Gasteiger partial charge on any atom is -0.508 e. The van der Waals surface area contributed by atoms with Gasteiger partial charge in [0.25, 0.3) is 0 Å². The van der Waals surface area contributed by atoms with E-state index in [9.17, 15) is 5.11 Å². The van der Waals surface area contributed by atoms with Gasteiger partial charge in [0.1, 0.15) is 5.75 Å². The van der Waals surface area contributed by atoms with E-state index in [2.05, 4.69) is 25.7 Å². The molecule has 118 valence electrons. The maximum atomic E-state index is 9.33. The maximum absolute atomic E-state index is 9.33. The van der Waals surface area contributed by atoms with Crippen LogP contribution < -0.4 is 0 Å². The highest BCUT2D eigenvalue weighted by Crippen LogP contribution is 2.38. The Morgan fingerprint density at radius 1 is 1.10 bits per heavy atom. The monoisotopic (exact) mass is 289 g/mol. The molecule has 1 fully saturated rings. The number of benzene rings is 1. The first-order chi connectivity index (χ1) is 10.1. The zero-order valence-corrected chi connectivity index (χ0v) is 13.9. The van der Waals surface area contributed by atoms with Crippen molar-refractivity contribution in [2.45, 2.75) is 65.3 Å². The van der Waals surface area contributed by atoms with Gasteiger partial charge < -0.3 is 10.0 Å². The smallest absolute Gasteiger partial charge is 0.115 e. The summed E-state index contributed by atoms with van der Waals surface area (Å²) in [6.45, 7) is 9.60. The molecule has 0 spiro atoms. The molecule has 21 heavy (non-hydrogen) atoms. The third-order valence-electron chi connectivity index (χ3n) is 5.77. The Morgan fingerprint density at radius 3 is 2.19 bits per heavy atom. The van der Waals surface area contributed by atoms with Crippen molar-refractivity contribution in [2.75, 3.05) is 13.1 Å². The van der Waals surface area contributed by atoms with E-state index >= 15 is 0 Å². The van der Waals surface area contributed by atoms with Gasteiger partial charge >= 0.3 is 0 Å². The third kappa shape index (κ3) is 4.23. The Balaban J connectivity index is 1.79. The number of hydrogen-bond acceptors (Lipinski definition) is 2. The fraction of sp³-hybridized carbons (Fsp3) is 0.684. The summed E-state index contributed by atoms with van der Waals surface area (Å²) < 4.78 is 0. The Labute approximate surface area is 130 Å². The molecule has 1 heterocycles. The Morgan fingerprint density at radius 2 is 1.67 bits per heavy atom. The topological polar surface area (TPSA) is 23.5 Å². The van der Waals surface area contributed by atoms with Crippen molar-refractivity contribution in [3.05, 3.63) is 29.8 Å². The predicted octanol–water partition coefficient (Wildman–Crippen LogP) is 4.62. The number of aromatic hydroxyl groups is 1. The van der Waals surface area contributed by atoms with Crippen LogP contribution in [0.15, 0.2) is 24.3 Å². The fourth-order valence-corrected chi connectivity index (χ4v) is 3.62. The van der Waals surface area contributed by atoms with E-state index in [1.165, 1.54) is 50.8 Å². The number of nitrogens with zero attached hydrogens (tertiary/aromatic N) is 1. The van der Waals surface area contributed by atoms with E-state index in [0.29, 0.717) is 17.2 Å². The van der Waals surface area contributed by atoms with Crippen LogP contribution in [0.25, 0.3) is 0 Å². The molecule has 0 aliphatic carbocycles. The molecular weight excluding hydrogens is 258 g/mol. The molecule has 2 nitrogen and oxygen atoms in total. The quantitative estimate of drug-likeness (QED) is 0.826. The van der Waals surface area contributed by atoms with E-state index in [1.807, 2.05) is 12.1 Å². The molecule has 0 radical (unpaired) electrons. The number of hydrogen-bond donors (Lipinski definition) is 1. The Bertz CT molecular complexity index is 412. The average Bonchev–Trinajstić information content (AvgIpc) is 2.54. The number of likely N-dealkylation sites (tertiary alicyclic amines) is 1. The Hall–Kier alpha value is -1.02. The summed E-state index contributed by atoms with van der Waals surface area (Å²) in [7, 11) is 0. The van der Waals surface area contributed by atoms with Crippen molar-refractivity contribution in [3.8, 4) is 5.75 Å². The van der Waals surface area contributed by atoms with Gasteiger partial charge in [-0.25, -0.2) is 0 Å².